The van der Waals surface area contributed by atoms with Crippen LogP contribution in [0.3, 0.4) is 0 Å². The van der Waals surface area contributed by atoms with Crippen molar-refractivity contribution in [3.63, 3.8) is 0 Å². The van der Waals surface area contributed by atoms with Gasteiger partial charge in [0.25, 0.3) is 0 Å². The van der Waals surface area contributed by atoms with E-state index in [0.29, 0.717) is 18.6 Å². The van der Waals surface area contributed by atoms with Crippen LogP contribution in [-0.2, 0) is 4.79 Å². The summed E-state index contributed by atoms with van der Waals surface area (Å²) in [5.41, 5.74) is 1.27. The van der Waals surface area contributed by atoms with Gasteiger partial charge in [-0.25, -0.2) is 0 Å². The Morgan fingerprint density at radius 3 is 2.27 bits per heavy atom. The Morgan fingerprint density at radius 2 is 1.91 bits per heavy atom. The maximum Gasteiger partial charge on any atom is 0.207 e. The second-order valence-electron chi connectivity index (χ2n) is 5.06. The number of amides is 1. The molecule has 0 saturated heterocycles. The van der Waals surface area contributed by atoms with Gasteiger partial charge in [0.05, 0.1) is 13.7 Å². The van der Waals surface area contributed by atoms with Crippen molar-refractivity contribution in [1.29, 1.82) is 0 Å². The van der Waals surface area contributed by atoms with E-state index in [-0.39, 0.29) is 0 Å². The SMILES string of the molecule is CC.CCOc1ccc(C(C)C)cc1OC.O=CNC1CC1. The number of methoxy groups -OCH3 is 1. The number of nitrogens with one attached hydrogen (secondary N) is 1. The first-order valence-electron chi connectivity index (χ1n) is 8.12. The molecule has 0 radical (unpaired) electrons. The first kappa shape index (κ1) is 20.3. The molecule has 126 valence electrons. The van der Waals surface area contributed by atoms with Crippen molar-refractivity contribution < 1.29 is 14.3 Å². The Hall–Kier alpha value is -1.71. The Balaban J connectivity index is 0.000000457. The largest absolute Gasteiger partial charge is 0.493 e. The summed E-state index contributed by atoms with van der Waals surface area (Å²) in [7, 11) is 1.67. The molecule has 0 aromatic heterocycles. The van der Waals surface area contributed by atoms with Crippen molar-refractivity contribution in [2.75, 3.05) is 13.7 Å². The van der Waals surface area contributed by atoms with Crippen LogP contribution in [0.2, 0.25) is 0 Å². The molecule has 22 heavy (non-hydrogen) atoms. The standard InChI is InChI=1S/C12H18O2.C4H7NO.C2H6/c1-5-14-11-7-6-10(9(2)3)8-12(11)13-4;6-3-5-4-1-2-4;1-2/h6-9H,5H2,1-4H3;3-4H,1-2H2,(H,5,6);1-2H3. The van der Waals surface area contributed by atoms with E-state index in [0.717, 1.165) is 17.9 Å². The molecule has 1 aromatic carbocycles. The first-order chi connectivity index (χ1) is 10.6. The van der Waals surface area contributed by atoms with E-state index in [9.17, 15) is 4.79 Å². The molecule has 0 bridgehead atoms. The van der Waals surface area contributed by atoms with Crippen LogP contribution < -0.4 is 14.8 Å². The summed E-state index contributed by atoms with van der Waals surface area (Å²) < 4.78 is 10.7. The normalized spacial score (nSPS) is 12.3. The zero-order chi connectivity index (χ0) is 17.0. The van der Waals surface area contributed by atoms with Gasteiger partial charge < -0.3 is 14.8 Å². The molecule has 0 heterocycles. The fourth-order valence-corrected chi connectivity index (χ4v) is 1.66. The van der Waals surface area contributed by atoms with Crippen molar-refractivity contribution in [1.82, 2.24) is 5.32 Å². The number of ether oxygens (including phenoxy) is 2. The molecule has 1 aliphatic carbocycles. The van der Waals surface area contributed by atoms with E-state index in [4.69, 9.17) is 9.47 Å². The summed E-state index contributed by atoms with van der Waals surface area (Å²) in [5.74, 6) is 2.15. The minimum atomic E-state index is 0.513. The van der Waals surface area contributed by atoms with Crippen molar-refractivity contribution in [3.05, 3.63) is 23.8 Å². The molecule has 1 amide bonds. The lowest BCUT2D eigenvalue weighted by atomic mass is 10.0. The molecule has 1 N–H and O–H groups in total. The summed E-state index contributed by atoms with van der Waals surface area (Å²) in [5, 5.41) is 2.64. The Labute approximate surface area is 135 Å². The van der Waals surface area contributed by atoms with Crippen LogP contribution >= 0.6 is 0 Å². The van der Waals surface area contributed by atoms with Gasteiger partial charge in [-0.1, -0.05) is 33.8 Å². The highest BCUT2D eigenvalue weighted by Crippen LogP contribution is 2.30. The van der Waals surface area contributed by atoms with Gasteiger partial charge in [-0.3, -0.25) is 4.79 Å². The van der Waals surface area contributed by atoms with Crippen LogP contribution in [0.5, 0.6) is 11.5 Å². The average molecular weight is 309 g/mol. The van der Waals surface area contributed by atoms with Gasteiger partial charge in [0.2, 0.25) is 6.41 Å². The quantitative estimate of drug-likeness (QED) is 0.803. The molecular weight excluding hydrogens is 278 g/mol. The minimum Gasteiger partial charge on any atom is -0.493 e. The molecule has 1 aromatic rings. The number of rotatable bonds is 6. The van der Waals surface area contributed by atoms with E-state index in [1.165, 1.54) is 18.4 Å². The zero-order valence-corrected chi connectivity index (χ0v) is 14.8. The average Bonchev–Trinajstić information content (AvgIpc) is 3.35. The molecule has 0 aliphatic heterocycles. The van der Waals surface area contributed by atoms with Gasteiger partial charge in [0, 0.05) is 6.04 Å². The van der Waals surface area contributed by atoms with Gasteiger partial charge >= 0.3 is 0 Å². The fraction of sp³-hybridized carbons (Fsp3) is 0.611. The second kappa shape index (κ2) is 11.9. The Kier molecular flexibility index (Phi) is 11.0. The monoisotopic (exact) mass is 309 g/mol. The summed E-state index contributed by atoms with van der Waals surface area (Å²) in [6, 6.07) is 6.62. The van der Waals surface area contributed by atoms with Crippen molar-refractivity contribution in [3.8, 4) is 11.5 Å². The summed E-state index contributed by atoms with van der Waals surface area (Å²) >= 11 is 0. The molecule has 2 rings (SSSR count). The van der Waals surface area contributed by atoms with Crippen LogP contribution in [0.15, 0.2) is 18.2 Å². The summed E-state index contributed by atoms with van der Waals surface area (Å²) in [6.45, 7) is 11.0. The molecule has 0 atom stereocenters. The predicted octanol–water partition coefficient (Wildman–Crippen LogP) is 4.14. The van der Waals surface area contributed by atoms with Gasteiger partial charge in [0.1, 0.15) is 0 Å². The van der Waals surface area contributed by atoms with Crippen LogP contribution in [0.4, 0.5) is 0 Å². The number of benzene rings is 1. The lowest BCUT2D eigenvalue weighted by Gasteiger charge is -2.12. The highest BCUT2D eigenvalue weighted by Gasteiger charge is 2.18. The lowest BCUT2D eigenvalue weighted by molar-refractivity contribution is -0.109. The minimum absolute atomic E-state index is 0.513. The maximum atomic E-state index is 9.54. The zero-order valence-electron chi connectivity index (χ0n) is 14.8. The van der Waals surface area contributed by atoms with E-state index in [1.54, 1.807) is 7.11 Å². The molecule has 1 fully saturated rings. The van der Waals surface area contributed by atoms with Gasteiger partial charge in [-0.05, 0) is 43.4 Å². The molecular formula is C18H31NO3. The molecule has 1 aliphatic rings. The fourth-order valence-electron chi connectivity index (χ4n) is 1.66. The third-order valence-corrected chi connectivity index (χ3v) is 3.04. The molecule has 0 unspecified atom stereocenters. The predicted molar refractivity (Wildman–Crippen MR) is 91.8 cm³/mol. The third-order valence-electron chi connectivity index (χ3n) is 3.04. The number of carbonyl (C=O) groups excluding carboxylic acids is 1. The Bertz CT molecular complexity index is 415. The third kappa shape index (κ3) is 7.91. The van der Waals surface area contributed by atoms with E-state index >= 15 is 0 Å². The highest BCUT2D eigenvalue weighted by atomic mass is 16.5. The lowest BCUT2D eigenvalue weighted by Crippen LogP contribution is -2.11. The smallest absolute Gasteiger partial charge is 0.207 e. The van der Waals surface area contributed by atoms with Gasteiger partial charge in [-0.2, -0.15) is 0 Å². The van der Waals surface area contributed by atoms with Crippen molar-refractivity contribution in [2.45, 2.75) is 59.4 Å². The maximum absolute atomic E-state index is 9.54. The van der Waals surface area contributed by atoms with Crippen molar-refractivity contribution >= 4 is 6.41 Å². The molecule has 0 spiro atoms. The van der Waals surface area contributed by atoms with Crippen LogP contribution in [0, 0.1) is 0 Å². The van der Waals surface area contributed by atoms with Crippen LogP contribution in [-0.4, -0.2) is 26.2 Å². The number of carbonyl (C=O) groups is 1. The Morgan fingerprint density at radius 1 is 1.27 bits per heavy atom. The topological polar surface area (TPSA) is 47.6 Å². The molecule has 4 nitrogen and oxygen atoms in total. The molecule has 4 heteroatoms. The van der Waals surface area contributed by atoms with Crippen LogP contribution in [0.25, 0.3) is 0 Å². The van der Waals surface area contributed by atoms with Gasteiger partial charge in [0.15, 0.2) is 11.5 Å². The van der Waals surface area contributed by atoms with Crippen molar-refractivity contribution in [2.24, 2.45) is 0 Å². The summed E-state index contributed by atoms with van der Waals surface area (Å²) in [6.07, 6.45) is 3.12. The summed E-state index contributed by atoms with van der Waals surface area (Å²) in [4.78, 5) is 9.54. The first-order valence-corrected chi connectivity index (χ1v) is 8.12. The molecule has 1 saturated carbocycles. The number of hydrogen-bond donors (Lipinski definition) is 1. The van der Waals surface area contributed by atoms with E-state index in [2.05, 4.69) is 25.2 Å². The highest BCUT2D eigenvalue weighted by molar-refractivity contribution is 5.47. The van der Waals surface area contributed by atoms with E-state index in [1.807, 2.05) is 32.9 Å². The van der Waals surface area contributed by atoms with Crippen LogP contribution in [0.1, 0.15) is 58.9 Å². The number of hydrogen-bond acceptors (Lipinski definition) is 3. The second-order valence-corrected chi connectivity index (χ2v) is 5.06. The van der Waals surface area contributed by atoms with E-state index < -0.39 is 0 Å². The van der Waals surface area contributed by atoms with Gasteiger partial charge in [-0.15, -0.1) is 0 Å².